The van der Waals surface area contributed by atoms with Gasteiger partial charge in [0.15, 0.2) is 5.82 Å². The van der Waals surface area contributed by atoms with Crippen LogP contribution < -0.4 is 0 Å². The first-order valence-corrected chi connectivity index (χ1v) is 4.59. The van der Waals surface area contributed by atoms with E-state index in [1.54, 1.807) is 19.3 Å². The van der Waals surface area contributed by atoms with Crippen molar-refractivity contribution in [3.05, 3.63) is 30.4 Å². The summed E-state index contributed by atoms with van der Waals surface area (Å²) in [5, 5.41) is 3.50. The number of rotatable bonds is 2. The average molecular weight is 210 g/mol. The summed E-state index contributed by atoms with van der Waals surface area (Å²) >= 11 is 5.80. The van der Waals surface area contributed by atoms with Crippen LogP contribution in [0.15, 0.2) is 29.0 Å². The summed E-state index contributed by atoms with van der Waals surface area (Å²) in [6.45, 7) is 1.79. The van der Waals surface area contributed by atoms with Crippen LogP contribution in [0.4, 0.5) is 0 Å². The monoisotopic (exact) mass is 209 g/mol. The summed E-state index contributed by atoms with van der Waals surface area (Å²) in [5.74, 6) is 0.936. The van der Waals surface area contributed by atoms with E-state index >= 15 is 0 Å². The van der Waals surface area contributed by atoms with Gasteiger partial charge in [0.05, 0.1) is 10.9 Å². The van der Waals surface area contributed by atoms with Crippen LogP contribution in [0.1, 0.15) is 18.1 Å². The van der Waals surface area contributed by atoms with Crippen molar-refractivity contribution < 1.29 is 4.52 Å². The number of halogens is 1. The lowest BCUT2D eigenvalue weighted by atomic mass is 10.3. The van der Waals surface area contributed by atoms with Crippen molar-refractivity contribution in [2.75, 3.05) is 0 Å². The maximum Gasteiger partial charge on any atom is 0.259 e. The largest absolute Gasteiger partial charge is 0.334 e. The third-order valence-electron chi connectivity index (χ3n) is 1.71. The fraction of sp³-hybridized carbons (Fsp3) is 0.222. The molecule has 0 N–H and O–H groups in total. The molecule has 14 heavy (non-hydrogen) atoms. The summed E-state index contributed by atoms with van der Waals surface area (Å²) in [5.41, 5.74) is 0.795. The van der Waals surface area contributed by atoms with Crippen LogP contribution in [0, 0.1) is 0 Å². The highest BCUT2D eigenvalue weighted by atomic mass is 35.5. The Kier molecular flexibility index (Phi) is 2.45. The Balaban J connectivity index is 2.34. The molecule has 0 spiro atoms. The molecular weight excluding hydrogens is 202 g/mol. The van der Waals surface area contributed by atoms with Gasteiger partial charge in [-0.3, -0.25) is 4.98 Å². The summed E-state index contributed by atoms with van der Waals surface area (Å²) in [6.07, 6.45) is 3.35. The SMILES string of the molecule is CC(Cl)c1noc(-c2cccnc2)n1. The molecule has 0 aliphatic rings. The minimum atomic E-state index is -0.246. The molecule has 0 amide bonds. The van der Waals surface area contributed by atoms with Crippen molar-refractivity contribution in [3.63, 3.8) is 0 Å². The van der Waals surface area contributed by atoms with Crippen LogP contribution in [0.5, 0.6) is 0 Å². The lowest BCUT2D eigenvalue weighted by Gasteiger charge is -1.91. The third kappa shape index (κ3) is 1.75. The summed E-state index contributed by atoms with van der Waals surface area (Å²) in [7, 11) is 0. The zero-order valence-corrected chi connectivity index (χ0v) is 8.27. The summed E-state index contributed by atoms with van der Waals surface area (Å²) < 4.78 is 5.03. The molecule has 2 heterocycles. The van der Waals surface area contributed by atoms with E-state index in [1.807, 2.05) is 12.1 Å². The molecule has 0 fully saturated rings. The van der Waals surface area contributed by atoms with Gasteiger partial charge in [-0.1, -0.05) is 5.16 Å². The molecule has 1 atom stereocenters. The lowest BCUT2D eigenvalue weighted by Crippen LogP contribution is -1.86. The molecule has 2 aromatic heterocycles. The van der Waals surface area contributed by atoms with Gasteiger partial charge in [0, 0.05) is 12.4 Å². The van der Waals surface area contributed by atoms with Crippen molar-refractivity contribution in [2.45, 2.75) is 12.3 Å². The number of aromatic nitrogens is 3. The van der Waals surface area contributed by atoms with Gasteiger partial charge in [-0.2, -0.15) is 4.98 Å². The predicted molar refractivity (Wildman–Crippen MR) is 51.8 cm³/mol. The zero-order valence-electron chi connectivity index (χ0n) is 7.51. The van der Waals surface area contributed by atoms with Gasteiger partial charge >= 0.3 is 0 Å². The van der Waals surface area contributed by atoms with Gasteiger partial charge in [-0.05, 0) is 19.1 Å². The number of alkyl halides is 1. The molecule has 0 bridgehead atoms. The van der Waals surface area contributed by atoms with Gasteiger partial charge in [0.25, 0.3) is 5.89 Å². The maximum atomic E-state index is 5.80. The van der Waals surface area contributed by atoms with Crippen molar-refractivity contribution in [3.8, 4) is 11.5 Å². The quantitative estimate of drug-likeness (QED) is 0.713. The van der Waals surface area contributed by atoms with E-state index in [1.165, 1.54) is 0 Å². The lowest BCUT2D eigenvalue weighted by molar-refractivity contribution is 0.422. The van der Waals surface area contributed by atoms with E-state index in [-0.39, 0.29) is 5.38 Å². The summed E-state index contributed by atoms with van der Waals surface area (Å²) in [4.78, 5) is 8.08. The first kappa shape index (κ1) is 9.15. The number of hydrogen-bond acceptors (Lipinski definition) is 4. The van der Waals surface area contributed by atoms with Crippen LogP contribution >= 0.6 is 11.6 Å². The smallest absolute Gasteiger partial charge is 0.259 e. The molecule has 0 aliphatic heterocycles. The van der Waals surface area contributed by atoms with Crippen molar-refractivity contribution >= 4 is 11.6 Å². The van der Waals surface area contributed by atoms with E-state index in [0.29, 0.717) is 11.7 Å². The number of nitrogens with zero attached hydrogens (tertiary/aromatic N) is 3. The Labute approximate surface area is 85.9 Å². The standard InChI is InChI=1S/C9H8ClN3O/c1-6(10)8-12-9(14-13-8)7-3-2-4-11-5-7/h2-6H,1H3. The second-order valence-electron chi connectivity index (χ2n) is 2.82. The normalized spacial score (nSPS) is 12.7. The van der Waals surface area contributed by atoms with Gasteiger partial charge in [0.1, 0.15) is 0 Å². The molecular formula is C9H8ClN3O. The van der Waals surface area contributed by atoms with Crippen molar-refractivity contribution in [1.82, 2.24) is 15.1 Å². The minimum Gasteiger partial charge on any atom is -0.334 e. The third-order valence-corrected chi connectivity index (χ3v) is 1.90. The fourth-order valence-corrected chi connectivity index (χ4v) is 1.09. The van der Waals surface area contributed by atoms with Crippen LogP contribution in [-0.2, 0) is 0 Å². The van der Waals surface area contributed by atoms with E-state index in [0.717, 1.165) is 5.56 Å². The van der Waals surface area contributed by atoms with Crippen LogP contribution in [0.3, 0.4) is 0 Å². The topological polar surface area (TPSA) is 51.8 Å². The first-order chi connectivity index (χ1) is 6.77. The van der Waals surface area contributed by atoms with E-state index in [9.17, 15) is 0 Å². The number of pyridine rings is 1. The van der Waals surface area contributed by atoms with Crippen LogP contribution in [-0.4, -0.2) is 15.1 Å². The van der Waals surface area contributed by atoms with Crippen LogP contribution in [0.25, 0.3) is 11.5 Å². The Bertz CT molecular complexity index is 413. The second kappa shape index (κ2) is 3.75. The van der Waals surface area contributed by atoms with Gasteiger partial charge in [-0.25, -0.2) is 0 Å². The highest BCUT2D eigenvalue weighted by Gasteiger charge is 2.12. The molecule has 0 aliphatic carbocycles. The van der Waals surface area contributed by atoms with E-state index < -0.39 is 0 Å². The minimum absolute atomic E-state index is 0.246. The van der Waals surface area contributed by atoms with Gasteiger partial charge < -0.3 is 4.52 Å². The molecule has 0 radical (unpaired) electrons. The highest BCUT2D eigenvalue weighted by molar-refractivity contribution is 6.20. The molecule has 0 saturated heterocycles. The average Bonchev–Trinajstić information content (AvgIpc) is 2.68. The van der Waals surface area contributed by atoms with E-state index in [4.69, 9.17) is 16.1 Å². The Hall–Kier alpha value is -1.42. The van der Waals surface area contributed by atoms with Gasteiger partial charge in [0.2, 0.25) is 0 Å². The molecule has 72 valence electrons. The summed E-state index contributed by atoms with van der Waals surface area (Å²) in [6, 6.07) is 3.66. The fourth-order valence-electron chi connectivity index (χ4n) is 1.00. The highest BCUT2D eigenvalue weighted by Crippen LogP contribution is 2.20. The number of hydrogen-bond donors (Lipinski definition) is 0. The molecule has 0 aromatic carbocycles. The molecule has 4 nitrogen and oxygen atoms in total. The molecule has 1 unspecified atom stereocenters. The van der Waals surface area contributed by atoms with E-state index in [2.05, 4.69) is 15.1 Å². The molecule has 2 aromatic rings. The molecule has 0 saturated carbocycles. The Morgan fingerprint density at radius 1 is 1.50 bits per heavy atom. The van der Waals surface area contributed by atoms with Gasteiger partial charge in [-0.15, -0.1) is 11.6 Å². The second-order valence-corrected chi connectivity index (χ2v) is 3.47. The zero-order chi connectivity index (χ0) is 9.97. The Morgan fingerprint density at radius 3 is 2.93 bits per heavy atom. The molecule has 2 rings (SSSR count). The molecule has 5 heteroatoms. The first-order valence-electron chi connectivity index (χ1n) is 4.15. The van der Waals surface area contributed by atoms with Crippen molar-refractivity contribution in [1.29, 1.82) is 0 Å². The maximum absolute atomic E-state index is 5.80. The predicted octanol–water partition coefficient (Wildman–Crippen LogP) is 2.43. The van der Waals surface area contributed by atoms with Crippen molar-refractivity contribution in [2.24, 2.45) is 0 Å². The Morgan fingerprint density at radius 2 is 2.36 bits per heavy atom. The van der Waals surface area contributed by atoms with Crippen LogP contribution in [0.2, 0.25) is 0 Å².